The number of pyridine rings is 1. The second-order valence-corrected chi connectivity index (χ2v) is 2.70. The van der Waals surface area contributed by atoms with Gasteiger partial charge < -0.3 is 5.11 Å². The van der Waals surface area contributed by atoms with Crippen LogP contribution in [0.1, 0.15) is 22.5 Å². The van der Waals surface area contributed by atoms with Gasteiger partial charge in [0.25, 0.3) is 6.43 Å². The van der Waals surface area contributed by atoms with Crippen molar-refractivity contribution in [1.82, 2.24) is 4.98 Å². The first-order valence-corrected chi connectivity index (χ1v) is 3.68. The number of aromatic carboxylic acids is 1. The van der Waals surface area contributed by atoms with E-state index >= 15 is 0 Å². The number of carbonyl (C=O) groups is 1. The summed E-state index contributed by atoms with van der Waals surface area (Å²) >= 11 is 5.28. The maximum atomic E-state index is 12.5. The number of carboxylic acid groups (broad SMARTS) is 1. The molecular weight excluding hydrogens is 223 g/mol. The van der Waals surface area contributed by atoms with Crippen LogP contribution in [0.3, 0.4) is 0 Å². The van der Waals surface area contributed by atoms with Crippen molar-refractivity contribution in [3.05, 3.63) is 28.3 Å². The minimum atomic E-state index is -3.19. The molecule has 7 heteroatoms. The van der Waals surface area contributed by atoms with Crippen LogP contribution in [0.2, 0.25) is 5.02 Å². The van der Waals surface area contributed by atoms with Gasteiger partial charge in [-0.25, -0.2) is 18.6 Å². The molecule has 14 heavy (non-hydrogen) atoms. The summed E-state index contributed by atoms with van der Waals surface area (Å²) in [5, 5.41) is 7.91. The van der Waals surface area contributed by atoms with Crippen LogP contribution in [-0.2, 0) is 0 Å². The quantitative estimate of drug-likeness (QED) is 0.787. The Morgan fingerprint density at radius 1 is 1.57 bits per heavy atom. The van der Waals surface area contributed by atoms with Gasteiger partial charge in [-0.1, -0.05) is 11.6 Å². The third kappa shape index (κ3) is 1.95. The highest BCUT2D eigenvalue weighted by Gasteiger charge is 2.24. The van der Waals surface area contributed by atoms with Gasteiger partial charge in [0, 0.05) is 6.07 Å². The van der Waals surface area contributed by atoms with E-state index in [4.69, 9.17) is 16.7 Å². The highest BCUT2D eigenvalue weighted by atomic mass is 35.5. The van der Waals surface area contributed by atoms with Gasteiger partial charge in [-0.3, -0.25) is 0 Å². The summed E-state index contributed by atoms with van der Waals surface area (Å²) in [5.41, 5.74) is -2.04. The number of aromatic nitrogens is 1. The molecular formula is C7H3ClF3NO2. The molecule has 0 radical (unpaired) electrons. The van der Waals surface area contributed by atoms with Crippen molar-refractivity contribution in [3.63, 3.8) is 0 Å². The Labute approximate surface area is 81.1 Å². The summed E-state index contributed by atoms with van der Waals surface area (Å²) < 4.78 is 36.9. The standard InChI is InChI=1S/C7H3ClF3NO2/c8-2-1-3(9)12-5(6(10)11)4(2)7(13)14/h1,6H,(H,13,14). The monoisotopic (exact) mass is 225 g/mol. The van der Waals surface area contributed by atoms with E-state index in [1.54, 1.807) is 0 Å². The van der Waals surface area contributed by atoms with Crippen molar-refractivity contribution in [2.24, 2.45) is 0 Å². The highest BCUT2D eigenvalue weighted by Crippen LogP contribution is 2.27. The molecule has 0 atom stereocenters. The van der Waals surface area contributed by atoms with Crippen LogP contribution in [0.4, 0.5) is 13.2 Å². The van der Waals surface area contributed by atoms with Crippen molar-refractivity contribution >= 4 is 17.6 Å². The summed E-state index contributed by atoms with van der Waals surface area (Å²) in [6, 6.07) is 0.566. The fraction of sp³-hybridized carbons (Fsp3) is 0.143. The van der Waals surface area contributed by atoms with Gasteiger partial charge >= 0.3 is 5.97 Å². The number of alkyl halides is 2. The Hall–Kier alpha value is -1.30. The third-order valence-electron chi connectivity index (χ3n) is 1.39. The van der Waals surface area contributed by atoms with Crippen LogP contribution in [0.15, 0.2) is 6.07 Å². The van der Waals surface area contributed by atoms with E-state index in [1.807, 2.05) is 0 Å². The van der Waals surface area contributed by atoms with Gasteiger partial charge in [0.15, 0.2) is 0 Å². The zero-order valence-electron chi connectivity index (χ0n) is 6.47. The number of hydrogen-bond donors (Lipinski definition) is 1. The molecule has 0 unspecified atom stereocenters. The molecule has 0 saturated heterocycles. The Balaban J connectivity index is 3.44. The van der Waals surface area contributed by atoms with E-state index < -0.39 is 34.6 Å². The van der Waals surface area contributed by atoms with E-state index in [-0.39, 0.29) is 0 Å². The minimum absolute atomic E-state index is 0.566. The molecule has 0 bridgehead atoms. The number of hydrogen-bond acceptors (Lipinski definition) is 2. The first kappa shape index (κ1) is 10.8. The Kier molecular flexibility index (Phi) is 2.95. The Morgan fingerprint density at radius 2 is 2.14 bits per heavy atom. The van der Waals surface area contributed by atoms with E-state index in [9.17, 15) is 18.0 Å². The average molecular weight is 226 g/mol. The lowest BCUT2D eigenvalue weighted by Crippen LogP contribution is -2.07. The predicted octanol–water partition coefficient (Wildman–Crippen LogP) is 2.51. The van der Waals surface area contributed by atoms with Crippen molar-refractivity contribution < 1.29 is 23.1 Å². The fourth-order valence-electron chi connectivity index (χ4n) is 0.872. The maximum absolute atomic E-state index is 12.5. The summed E-state index contributed by atoms with van der Waals surface area (Å²) in [6.45, 7) is 0. The molecule has 1 aromatic heterocycles. The second kappa shape index (κ2) is 3.83. The molecule has 1 N–H and O–H groups in total. The highest BCUT2D eigenvalue weighted by molar-refractivity contribution is 6.33. The average Bonchev–Trinajstić information content (AvgIpc) is 2.01. The van der Waals surface area contributed by atoms with Crippen LogP contribution in [0.25, 0.3) is 0 Å². The van der Waals surface area contributed by atoms with E-state index in [2.05, 4.69) is 4.98 Å². The topological polar surface area (TPSA) is 50.2 Å². The Bertz CT molecular complexity index is 383. The van der Waals surface area contributed by atoms with Crippen molar-refractivity contribution in [2.45, 2.75) is 6.43 Å². The predicted molar refractivity (Wildman–Crippen MR) is 41.1 cm³/mol. The van der Waals surface area contributed by atoms with Gasteiger partial charge in [-0.2, -0.15) is 4.39 Å². The molecule has 0 spiro atoms. The van der Waals surface area contributed by atoms with Crippen LogP contribution in [-0.4, -0.2) is 16.1 Å². The molecule has 1 rings (SSSR count). The molecule has 0 amide bonds. The lowest BCUT2D eigenvalue weighted by Gasteiger charge is -2.05. The van der Waals surface area contributed by atoms with Crippen molar-refractivity contribution in [3.8, 4) is 0 Å². The molecule has 76 valence electrons. The maximum Gasteiger partial charge on any atom is 0.339 e. The lowest BCUT2D eigenvalue weighted by atomic mass is 10.2. The molecule has 0 aliphatic heterocycles. The molecule has 0 aliphatic carbocycles. The zero-order valence-corrected chi connectivity index (χ0v) is 7.23. The minimum Gasteiger partial charge on any atom is -0.478 e. The molecule has 0 saturated carbocycles. The lowest BCUT2D eigenvalue weighted by molar-refractivity contribution is 0.0682. The first-order valence-electron chi connectivity index (χ1n) is 3.31. The van der Waals surface area contributed by atoms with Crippen LogP contribution < -0.4 is 0 Å². The largest absolute Gasteiger partial charge is 0.478 e. The van der Waals surface area contributed by atoms with E-state index in [1.165, 1.54) is 0 Å². The zero-order chi connectivity index (χ0) is 10.9. The number of halogens is 4. The van der Waals surface area contributed by atoms with E-state index in [0.29, 0.717) is 6.07 Å². The summed E-state index contributed by atoms with van der Waals surface area (Å²) in [4.78, 5) is 13.3. The van der Waals surface area contributed by atoms with Gasteiger partial charge in [0.1, 0.15) is 11.3 Å². The van der Waals surface area contributed by atoms with E-state index in [0.717, 1.165) is 0 Å². The summed E-state index contributed by atoms with van der Waals surface area (Å²) in [6.07, 6.45) is -3.19. The normalized spacial score (nSPS) is 10.6. The number of rotatable bonds is 2. The SMILES string of the molecule is O=C(O)c1c(Cl)cc(F)nc1C(F)F. The molecule has 0 aromatic carbocycles. The molecule has 0 fully saturated rings. The van der Waals surface area contributed by atoms with Gasteiger partial charge in [0.05, 0.1) is 5.02 Å². The number of nitrogens with zero attached hydrogens (tertiary/aromatic N) is 1. The summed E-state index contributed by atoms with van der Waals surface area (Å²) in [7, 11) is 0. The van der Waals surface area contributed by atoms with Gasteiger partial charge in [-0.15, -0.1) is 0 Å². The van der Waals surface area contributed by atoms with Crippen LogP contribution in [0.5, 0.6) is 0 Å². The van der Waals surface area contributed by atoms with Crippen molar-refractivity contribution in [1.29, 1.82) is 0 Å². The summed E-state index contributed by atoms with van der Waals surface area (Å²) in [5.74, 6) is -2.91. The first-order chi connectivity index (χ1) is 6.43. The third-order valence-corrected chi connectivity index (χ3v) is 1.69. The molecule has 3 nitrogen and oxygen atoms in total. The van der Waals surface area contributed by atoms with Crippen LogP contribution in [0, 0.1) is 5.95 Å². The van der Waals surface area contributed by atoms with Crippen LogP contribution >= 0.6 is 11.6 Å². The van der Waals surface area contributed by atoms with Gasteiger partial charge in [-0.05, 0) is 0 Å². The second-order valence-electron chi connectivity index (χ2n) is 2.29. The van der Waals surface area contributed by atoms with Gasteiger partial charge in [0.2, 0.25) is 5.95 Å². The van der Waals surface area contributed by atoms with Crippen molar-refractivity contribution in [2.75, 3.05) is 0 Å². The molecule has 1 heterocycles. The Morgan fingerprint density at radius 3 is 2.57 bits per heavy atom. The number of carboxylic acids is 1. The molecule has 0 aliphatic rings. The smallest absolute Gasteiger partial charge is 0.339 e. The fourth-order valence-corrected chi connectivity index (χ4v) is 1.14. The molecule has 1 aromatic rings.